The number of rotatable bonds is 4. The average Bonchev–Trinajstić information content (AvgIpc) is 2.83. The fourth-order valence-electron chi connectivity index (χ4n) is 2.59. The standard InChI is InChI=1S/C14H20N2O3/c1-16(9-10-5-3-7-12(10)17)14(18)11-6-4-8-15-13(11)19-2/h4,6,8,10,12,17H,3,5,7,9H2,1-2H3. The molecule has 2 unspecified atom stereocenters. The Morgan fingerprint density at radius 3 is 3.00 bits per heavy atom. The molecule has 5 heteroatoms. The van der Waals surface area contributed by atoms with Gasteiger partial charge in [-0.2, -0.15) is 0 Å². The molecule has 2 atom stereocenters. The number of carbonyl (C=O) groups is 1. The maximum absolute atomic E-state index is 12.3. The maximum Gasteiger partial charge on any atom is 0.259 e. The Morgan fingerprint density at radius 2 is 2.37 bits per heavy atom. The van der Waals surface area contributed by atoms with Crippen molar-refractivity contribution in [2.75, 3.05) is 20.7 Å². The summed E-state index contributed by atoms with van der Waals surface area (Å²) in [5.74, 6) is 0.395. The minimum Gasteiger partial charge on any atom is -0.480 e. The highest BCUT2D eigenvalue weighted by atomic mass is 16.5. The first kappa shape index (κ1) is 13.8. The van der Waals surface area contributed by atoms with Gasteiger partial charge in [0.2, 0.25) is 5.88 Å². The highest BCUT2D eigenvalue weighted by Crippen LogP contribution is 2.26. The number of aliphatic hydroxyl groups excluding tert-OH is 1. The van der Waals surface area contributed by atoms with Crippen LogP contribution in [0.25, 0.3) is 0 Å². The zero-order chi connectivity index (χ0) is 13.8. The fourth-order valence-corrected chi connectivity index (χ4v) is 2.59. The van der Waals surface area contributed by atoms with Crippen LogP contribution in [-0.2, 0) is 0 Å². The summed E-state index contributed by atoms with van der Waals surface area (Å²) < 4.78 is 5.10. The van der Waals surface area contributed by atoms with Crippen LogP contribution in [0.2, 0.25) is 0 Å². The first-order chi connectivity index (χ1) is 9.13. The largest absolute Gasteiger partial charge is 0.480 e. The number of aliphatic hydroxyl groups is 1. The molecule has 5 nitrogen and oxygen atoms in total. The lowest BCUT2D eigenvalue weighted by molar-refractivity contribution is 0.0690. The number of hydrogen-bond donors (Lipinski definition) is 1. The molecule has 1 aliphatic rings. The van der Waals surface area contributed by atoms with Gasteiger partial charge in [0.15, 0.2) is 0 Å². The van der Waals surface area contributed by atoms with Gasteiger partial charge in [0.05, 0.1) is 13.2 Å². The number of ether oxygens (including phenoxy) is 1. The third-order valence-electron chi connectivity index (χ3n) is 3.67. The molecule has 0 spiro atoms. The molecule has 1 heterocycles. The van der Waals surface area contributed by atoms with Gasteiger partial charge in [-0.25, -0.2) is 4.98 Å². The Labute approximate surface area is 113 Å². The summed E-state index contributed by atoms with van der Waals surface area (Å²) in [6, 6.07) is 3.42. The smallest absolute Gasteiger partial charge is 0.259 e. The molecule has 0 saturated heterocycles. The van der Waals surface area contributed by atoms with E-state index in [-0.39, 0.29) is 17.9 Å². The van der Waals surface area contributed by atoms with Gasteiger partial charge >= 0.3 is 0 Å². The van der Waals surface area contributed by atoms with E-state index in [1.165, 1.54) is 7.11 Å². The molecule has 0 radical (unpaired) electrons. The summed E-state index contributed by atoms with van der Waals surface area (Å²) >= 11 is 0. The molecule has 1 fully saturated rings. The van der Waals surface area contributed by atoms with Crippen molar-refractivity contribution in [2.24, 2.45) is 5.92 Å². The Balaban J connectivity index is 2.06. The molecule has 1 aliphatic carbocycles. The van der Waals surface area contributed by atoms with E-state index in [0.29, 0.717) is 18.0 Å². The fraction of sp³-hybridized carbons (Fsp3) is 0.571. The number of pyridine rings is 1. The van der Waals surface area contributed by atoms with Crippen LogP contribution in [0, 0.1) is 5.92 Å². The van der Waals surface area contributed by atoms with E-state index >= 15 is 0 Å². The van der Waals surface area contributed by atoms with Crippen LogP contribution in [0.4, 0.5) is 0 Å². The van der Waals surface area contributed by atoms with Crippen LogP contribution < -0.4 is 4.74 Å². The number of carbonyl (C=O) groups excluding carboxylic acids is 1. The number of aromatic nitrogens is 1. The van der Waals surface area contributed by atoms with Crippen molar-refractivity contribution in [1.29, 1.82) is 0 Å². The predicted molar refractivity (Wildman–Crippen MR) is 71.1 cm³/mol. The average molecular weight is 264 g/mol. The van der Waals surface area contributed by atoms with Gasteiger partial charge in [-0.15, -0.1) is 0 Å². The van der Waals surface area contributed by atoms with Crippen molar-refractivity contribution in [3.05, 3.63) is 23.9 Å². The second kappa shape index (κ2) is 6.02. The summed E-state index contributed by atoms with van der Waals surface area (Å²) in [5, 5.41) is 9.82. The number of amides is 1. The highest BCUT2D eigenvalue weighted by Gasteiger charge is 2.28. The van der Waals surface area contributed by atoms with Crippen LogP contribution in [0.3, 0.4) is 0 Å². The van der Waals surface area contributed by atoms with Crippen molar-refractivity contribution in [2.45, 2.75) is 25.4 Å². The third kappa shape index (κ3) is 3.04. The molecular formula is C14H20N2O3. The minimum atomic E-state index is -0.286. The van der Waals surface area contributed by atoms with Crippen LogP contribution in [0.5, 0.6) is 5.88 Å². The predicted octanol–water partition coefficient (Wildman–Crippen LogP) is 1.32. The monoisotopic (exact) mass is 264 g/mol. The van der Waals surface area contributed by atoms with E-state index in [4.69, 9.17) is 4.74 Å². The molecule has 1 aromatic heterocycles. The van der Waals surface area contributed by atoms with Crippen molar-refractivity contribution < 1.29 is 14.6 Å². The zero-order valence-corrected chi connectivity index (χ0v) is 11.4. The quantitative estimate of drug-likeness (QED) is 0.891. The van der Waals surface area contributed by atoms with Gasteiger partial charge in [0, 0.05) is 25.7 Å². The number of methoxy groups -OCH3 is 1. The Kier molecular flexibility index (Phi) is 4.37. The lowest BCUT2D eigenvalue weighted by Crippen LogP contribution is -2.34. The maximum atomic E-state index is 12.3. The van der Waals surface area contributed by atoms with Crippen LogP contribution in [0.1, 0.15) is 29.6 Å². The van der Waals surface area contributed by atoms with Gasteiger partial charge in [-0.1, -0.05) is 6.42 Å². The van der Waals surface area contributed by atoms with E-state index in [9.17, 15) is 9.90 Å². The van der Waals surface area contributed by atoms with Crippen LogP contribution in [-0.4, -0.2) is 47.7 Å². The molecule has 1 N–H and O–H groups in total. The normalized spacial score (nSPS) is 22.3. The zero-order valence-electron chi connectivity index (χ0n) is 11.4. The SMILES string of the molecule is COc1ncccc1C(=O)N(C)CC1CCCC1O. The number of hydrogen-bond acceptors (Lipinski definition) is 4. The second-order valence-electron chi connectivity index (χ2n) is 5.00. The topological polar surface area (TPSA) is 62.7 Å². The summed E-state index contributed by atoms with van der Waals surface area (Å²) in [6.45, 7) is 0.568. The molecule has 1 aromatic rings. The Morgan fingerprint density at radius 1 is 1.58 bits per heavy atom. The molecule has 1 saturated carbocycles. The minimum absolute atomic E-state index is 0.121. The van der Waals surface area contributed by atoms with Gasteiger partial charge in [-0.3, -0.25) is 4.79 Å². The van der Waals surface area contributed by atoms with Gasteiger partial charge in [0.1, 0.15) is 5.56 Å². The molecular weight excluding hydrogens is 244 g/mol. The molecule has 2 rings (SSSR count). The summed E-state index contributed by atoms with van der Waals surface area (Å²) in [4.78, 5) is 18.0. The summed E-state index contributed by atoms with van der Waals surface area (Å²) in [6.07, 6.45) is 4.15. The van der Waals surface area contributed by atoms with Gasteiger partial charge in [0.25, 0.3) is 5.91 Å². The first-order valence-corrected chi connectivity index (χ1v) is 6.56. The third-order valence-corrected chi connectivity index (χ3v) is 3.67. The Bertz CT molecular complexity index is 450. The van der Waals surface area contributed by atoms with E-state index in [1.54, 1.807) is 30.3 Å². The highest BCUT2D eigenvalue weighted by molar-refractivity contribution is 5.96. The molecule has 0 aliphatic heterocycles. The molecule has 0 bridgehead atoms. The van der Waals surface area contributed by atoms with E-state index in [0.717, 1.165) is 19.3 Å². The summed E-state index contributed by atoms with van der Waals surface area (Å²) in [5.41, 5.74) is 0.458. The van der Waals surface area contributed by atoms with Gasteiger partial charge in [-0.05, 0) is 25.0 Å². The van der Waals surface area contributed by atoms with E-state index < -0.39 is 0 Å². The van der Waals surface area contributed by atoms with Crippen LogP contribution >= 0.6 is 0 Å². The molecule has 104 valence electrons. The van der Waals surface area contributed by atoms with Crippen molar-refractivity contribution >= 4 is 5.91 Å². The lowest BCUT2D eigenvalue weighted by atomic mass is 10.1. The van der Waals surface area contributed by atoms with Crippen LogP contribution in [0.15, 0.2) is 18.3 Å². The van der Waals surface area contributed by atoms with Crippen molar-refractivity contribution in [1.82, 2.24) is 9.88 Å². The first-order valence-electron chi connectivity index (χ1n) is 6.56. The van der Waals surface area contributed by atoms with Crippen molar-refractivity contribution in [3.8, 4) is 5.88 Å². The van der Waals surface area contributed by atoms with E-state index in [2.05, 4.69) is 4.98 Å². The van der Waals surface area contributed by atoms with Crippen molar-refractivity contribution in [3.63, 3.8) is 0 Å². The second-order valence-corrected chi connectivity index (χ2v) is 5.00. The number of nitrogens with zero attached hydrogens (tertiary/aromatic N) is 2. The molecule has 1 amide bonds. The van der Waals surface area contributed by atoms with Gasteiger partial charge < -0.3 is 14.7 Å². The Hall–Kier alpha value is -1.62. The molecule has 19 heavy (non-hydrogen) atoms. The summed E-state index contributed by atoms with van der Waals surface area (Å²) in [7, 11) is 3.25. The lowest BCUT2D eigenvalue weighted by Gasteiger charge is -2.23. The van der Waals surface area contributed by atoms with E-state index in [1.807, 2.05) is 0 Å². The molecule has 0 aromatic carbocycles.